The first-order valence-corrected chi connectivity index (χ1v) is 7.51. The fourth-order valence-corrected chi connectivity index (χ4v) is 2.81. The first kappa shape index (κ1) is 16.9. The number of ether oxygens (including phenoxy) is 1. The summed E-state index contributed by atoms with van der Waals surface area (Å²) in [5, 5.41) is 16.5. The zero-order valence-corrected chi connectivity index (χ0v) is 12.7. The molecule has 0 saturated carbocycles. The highest BCUT2D eigenvalue weighted by molar-refractivity contribution is 7.99. The molecule has 7 nitrogen and oxygen atoms in total. The van der Waals surface area contributed by atoms with Crippen LogP contribution in [0.15, 0.2) is 5.16 Å². The number of rotatable bonds is 5. The highest BCUT2D eigenvalue weighted by Gasteiger charge is 2.16. The number of carboxylic acid groups (broad SMARTS) is 1. The molecule has 1 aliphatic rings. The van der Waals surface area contributed by atoms with Crippen molar-refractivity contribution >= 4 is 17.7 Å². The average molecular weight is 302 g/mol. The highest BCUT2D eigenvalue weighted by atomic mass is 32.2. The van der Waals surface area contributed by atoms with E-state index in [9.17, 15) is 0 Å². The van der Waals surface area contributed by atoms with E-state index >= 15 is 0 Å². The summed E-state index contributed by atoms with van der Waals surface area (Å²) in [7, 11) is 1.96. The molecule has 0 aliphatic carbocycles. The van der Waals surface area contributed by atoms with E-state index < -0.39 is 5.97 Å². The summed E-state index contributed by atoms with van der Waals surface area (Å²) in [6.07, 6.45) is 2.39. The minimum absolute atomic E-state index is 0.445. The number of carbonyl (C=O) groups is 1. The molecule has 1 fully saturated rings. The van der Waals surface area contributed by atoms with Gasteiger partial charge in [-0.25, -0.2) is 0 Å². The number of carboxylic acids is 1. The Kier molecular flexibility index (Phi) is 7.56. The normalized spacial score (nSPS) is 17.6. The predicted molar refractivity (Wildman–Crippen MR) is 76.5 cm³/mol. The third-order valence-corrected chi connectivity index (χ3v) is 3.94. The van der Waals surface area contributed by atoms with Crippen LogP contribution in [0.4, 0.5) is 0 Å². The Bertz CT molecular complexity index is 415. The van der Waals surface area contributed by atoms with E-state index in [-0.39, 0.29) is 0 Å². The van der Waals surface area contributed by atoms with Crippen LogP contribution in [0, 0.1) is 5.92 Å². The monoisotopic (exact) mass is 302 g/mol. The second-order valence-corrected chi connectivity index (χ2v) is 5.61. The van der Waals surface area contributed by atoms with E-state index in [1.807, 2.05) is 11.6 Å². The lowest BCUT2D eigenvalue weighted by atomic mass is 10.1. The van der Waals surface area contributed by atoms with Crippen LogP contribution in [-0.4, -0.2) is 44.8 Å². The highest BCUT2D eigenvalue weighted by Crippen LogP contribution is 2.22. The van der Waals surface area contributed by atoms with Gasteiger partial charge in [-0.15, -0.1) is 10.2 Å². The SMILES string of the molecule is CC(=O)O.Cn1c(CN)nnc1SCCC1CCOC1. The van der Waals surface area contributed by atoms with E-state index in [4.69, 9.17) is 20.4 Å². The second kappa shape index (κ2) is 8.93. The number of hydrogen-bond donors (Lipinski definition) is 2. The molecule has 1 atom stereocenters. The lowest BCUT2D eigenvalue weighted by Crippen LogP contribution is -2.05. The van der Waals surface area contributed by atoms with Crippen molar-refractivity contribution in [3.63, 3.8) is 0 Å². The summed E-state index contributed by atoms with van der Waals surface area (Å²) >= 11 is 1.75. The standard InChI is InChI=1S/C10H18N4OS.C2H4O2/c1-14-9(6-11)12-13-10(14)16-5-3-8-2-4-15-7-8;1-2(3)4/h8H,2-7,11H2,1H3;1H3,(H,3,4). The van der Waals surface area contributed by atoms with Crippen molar-refractivity contribution in [3.8, 4) is 0 Å². The minimum Gasteiger partial charge on any atom is -0.481 e. The molecular weight excluding hydrogens is 280 g/mol. The molecule has 114 valence electrons. The number of nitrogens with zero attached hydrogens (tertiary/aromatic N) is 3. The Morgan fingerprint density at radius 2 is 2.30 bits per heavy atom. The fourth-order valence-electron chi connectivity index (χ4n) is 1.78. The van der Waals surface area contributed by atoms with Crippen molar-refractivity contribution in [2.45, 2.75) is 31.5 Å². The summed E-state index contributed by atoms with van der Waals surface area (Å²) in [5.74, 6) is 1.81. The predicted octanol–water partition coefficient (Wildman–Crippen LogP) is 0.883. The molecule has 1 aromatic rings. The molecule has 0 spiro atoms. The van der Waals surface area contributed by atoms with Gasteiger partial charge in [-0.05, 0) is 18.8 Å². The number of hydrogen-bond acceptors (Lipinski definition) is 6. The molecule has 8 heteroatoms. The molecule has 3 N–H and O–H groups in total. The third kappa shape index (κ3) is 5.89. The van der Waals surface area contributed by atoms with Gasteiger partial charge < -0.3 is 20.1 Å². The Morgan fingerprint density at radius 3 is 2.80 bits per heavy atom. The average Bonchev–Trinajstić information content (AvgIpc) is 3.00. The van der Waals surface area contributed by atoms with Crippen LogP contribution in [0.3, 0.4) is 0 Å². The lowest BCUT2D eigenvalue weighted by molar-refractivity contribution is -0.134. The van der Waals surface area contributed by atoms with E-state index in [0.29, 0.717) is 6.54 Å². The van der Waals surface area contributed by atoms with Crippen molar-refractivity contribution in [2.24, 2.45) is 18.7 Å². The first-order valence-electron chi connectivity index (χ1n) is 6.53. The molecule has 2 rings (SSSR count). The Balaban J connectivity index is 0.000000444. The molecule has 0 amide bonds. The van der Waals surface area contributed by atoms with E-state index in [2.05, 4.69) is 10.2 Å². The largest absolute Gasteiger partial charge is 0.481 e. The zero-order chi connectivity index (χ0) is 15.0. The molecule has 1 unspecified atom stereocenters. The van der Waals surface area contributed by atoms with E-state index in [0.717, 1.165) is 42.8 Å². The Morgan fingerprint density at radius 1 is 1.60 bits per heavy atom. The number of nitrogens with two attached hydrogens (primary N) is 1. The molecule has 1 aromatic heterocycles. The van der Waals surface area contributed by atoms with Gasteiger partial charge in [-0.1, -0.05) is 11.8 Å². The van der Waals surface area contributed by atoms with Crippen LogP contribution in [0.25, 0.3) is 0 Å². The lowest BCUT2D eigenvalue weighted by Gasteiger charge is -2.06. The molecule has 20 heavy (non-hydrogen) atoms. The summed E-state index contributed by atoms with van der Waals surface area (Å²) in [4.78, 5) is 9.00. The number of aromatic nitrogens is 3. The molecule has 1 aliphatic heterocycles. The smallest absolute Gasteiger partial charge is 0.300 e. The number of aliphatic carboxylic acids is 1. The summed E-state index contributed by atoms with van der Waals surface area (Å²) in [6.45, 7) is 3.38. The third-order valence-electron chi connectivity index (χ3n) is 2.89. The molecule has 0 radical (unpaired) electrons. The van der Waals surface area contributed by atoms with Gasteiger partial charge in [0.25, 0.3) is 5.97 Å². The summed E-state index contributed by atoms with van der Waals surface area (Å²) in [6, 6.07) is 0. The topological polar surface area (TPSA) is 103 Å². The van der Waals surface area contributed by atoms with Crippen LogP contribution >= 0.6 is 11.8 Å². The van der Waals surface area contributed by atoms with Crippen molar-refractivity contribution < 1.29 is 14.6 Å². The Labute approximate surface area is 122 Å². The molecular formula is C12H22N4O3S. The van der Waals surface area contributed by atoms with E-state index in [1.165, 1.54) is 12.8 Å². The van der Waals surface area contributed by atoms with Crippen LogP contribution in [0.5, 0.6) is 0 Å². The maximum Gasteiger partial charge on any atom is 0.300 e. The van der Waals surface area contributed by atoms with Gasteiger partial charge in [0.1, 0.15) is 5.82 Å². The number of thioether (sulfide) groups is 1. The quantitative estimate of drug-likeness (QED) is 0.778. The van der Waals surface area contributed by atoms with Crippen LogP contribution < -0.4 is 5.73 Å². The fraction of sp³-hybridized carbons (Fsp3) is 0.750. The van der Waals surface area contributed by atoms with Crippen molar-refractivity contribution in [3.05, 3.63) is 5.82 Å². The summed E-state index contributed by atoms with van der Waals surface area (Å²) in [5.41, 5.74) is 5.54. The van der Waals surface area contributed by atoms with Gasteiger partial charge in [-0.3, -0.25) is 4.79 Å². The van der Waals surface area contributed by atoms with Gasteiger partial charge in [-0.2, -0.15) is 0 Å². The molecule has 0 bridgehead atoms. The van der Waals surface area contributed by atoms with Crippen LogP contribution in [0.1, 0.15) is 25.6 Å². The van der Waals surface area contributed by atoms with E-state index in [1.54, 1.807) is 11.8 Å². The maximum atomic E-state index is 9.00. The van der Waals surface area contributed by atoms with Gasteiger partial charge in [0.15, 0.2) is 5.16 Å². The first-order chi connectivity index (χ1) is 9.54. The maximum absolute atomic E-state index is 9.00. The van der Waals surface area contributed by atoms with Gasteiger partial charge in [0, 0.05) is 32.9 Å². The van der Waals surface area contributed by atoms with Gasteiger partial charge in [0.05, 0.1) is 6.54 Å². The van der Waals surface area contributed by atoms with Crippen molar-refractivity contribution in [2.75, 3.05) is 19.0 Å². The zero-order valence-electron chi connectivity index (χ0n) is 11.9. The second-order valence-electron chi connectivity index (χ2n) is 4.55. The van der Waals surface area contributed by atoms with Gasteiger partial charge >= 0.3 is 0 Å². The minimum atomic E-state index is -0.833. The molecule has 2 heterocycles. The van der Waals surface area contributed by atoms with Crippen molar-refractivity contribution in [1.82, 2.24) is 14.8 Å². The van der Waals surface area contributed by atoms with Gasteiger partial charge in [0.2, 0.25) is 0 Å². The van der Waals surface area contributed by atoms with Crippen LogP contribution in [0.2, 0.25) is 0 Å². The molecule has 1 saturated heterocycles. The van der Waals surface area contributed by atoms with Crippen molar-refractivity contribution in [1.29, 1.82) is 0 Å². The Hall–Kier alpha value is -1.12. The summed E-state index contributed by atoms with van der Waals surface area (Å²) < 4.78 is 7.31. The van der Waals surface area contributed by atoms with Crippen LogP contribution in [-0.2, 0) is 23.1 Å². The molecule has 0 aromatic carbocycles.